The van der Waals surface area contributed by atoms with Crippen LogP contribution >= 0.6 is 22.6 Å². The third-order valence-corrected chi connectivity index (χ3v) is 3.97. The zero-order valence-electron chi connectivity index (χ0n) is 7.38. The van der Waals surface area contributed by atoms with Crippen LogP contribution < -0.4 is 4.72 Å². The van der Waals surface area contributed by atoms with Crippen molar-refractivity contribution in [3.8, 4) is 0 Å². The zero-order chi connectivity index (χ0) is 9.61. The van der Waals surface area contributed by atoms with E-state index in [2.05, 4.69) is 27.3 Å². The lowest BCUT2D eigenvalue weighted by atomic mass is 10.6. The van der Waals surface area contributed by atoms with E-state index in [1.807, 2.05) is 11.9 Å². The van der Waals surface area contributed by atoms with Gasteiger partial charge >= 0.3 is 0 Å². The van der Waals surface area contributed by atoms with Crippen LogP contribution in [0.4, 0.5) is 0 Å². The van der Waals surface area contributed by atoms with Crippen LogP contribution in [-0.4, -0.2) is 43.8 Å². The Balaban J connectivity index is 3.57. The molecule has 74 valence electrons. The van der Waals surface area contributed by atoms with Crippen molar-refractivity contribution in [3.05, 3.63) is 0 Å². The van der Waals surface area contributed by atoms with Crippen LogP contribution in [0.5, 0.6) is 0 Å². The van der Waals surface area contributed by atoms with Crippen molar-refractivity contribution in [2.75, 3.05) is 30.4 Å². The van der Waals surface area contributed by atoms with Crippen molar-refractivity contribution < 1.29 is 8.42 Å². The van der Waals surface area contributed by atoms with Crippen molar-refractivity contribution in [1.29, 1.82) is 0 Å². The molecule has 0 amide bonds. The van der Waals surface area contributed by atoms with Gasteiger partial charge in [0.15, 0.2) is 0 Å². The van der Waals surface area contributed by atoms with Crippen LogP contribution in [0, 0.1) is 0 Å². The molecule has 0 bridgehead atoms. The quantitative estimate of drug-likeness (QED) is 0.435. The number of sulfonamides is 1. The largest absolute Gasteiger partial charge is 0.296 e. The average molecular weight is 306 g/mol. The predicted octanol–water partition coefficient (Wildman–Crippen LogP) is 0.250. The molecule has 0 saturated carbocycles. The molecule has 0 spiro atoms. The van der Waals surface area contributed by atoms with Gasteiger partial charge in [0.2, 0.25) is 10.0 Å². The molecule has 0 aliphatic heterocycles. The van der Waals surface area contributed by atoms with Gasteiger partial charge in [-0.2, -0.15) is 0 Å². The van der Waals surface area contributed by atoms with E-state index >= 15 is 0 Å². The van der Waals surface area contributed by atoms with Crippen LogP contribution in [0.3, 0.4) is 0 Å². The number of rotatable bonds is 6. The number of hydrogen-bond donors (Lipinski definition) is 1. The summed E-state index contributed by atoms with van der Waals surface area (Å²) in [6, 6.07) is 0. The molecule has 1 N–H and O–H groups in total. The molecular weight excluding hydrogens is 291 g/mol. The fourth-order valence-electron chi connectivity index (χ4n) is 0.554. The number of likely N-dealkylation sites (N-methyl/N-ethyl adjacent to an activating group) is 1. The van der Waals surface area contributed by atoms with E-state index in [1.54, 1.807) is 6.92 Å². The number of hydrogen-bond acceptors (Lipinski definition) is 3. The molecule has 0 aliphatic rings. The third kappa shape index (κ3) is 6.15. The van der Waals surface area contributed by atoms with Gasteiger partial charge in [-0.15, -0.1) is 0 Å². The highest BCUT2D eigenvalue weighted by Gasteiger charge is 2.04. The fraction of sp³-hybridized carbons (Fsp3) is 1.00. The minimum atomic E-state index is -3.00. The van der Waals surface area contributed by atoms with Gasteiger partial charge in [-0.3, -0.25) is 4.90 Å². The molecule has 0 aromatic rings. The van der Waals surface area contributed by atoms with Crippen molar-refractivity contribution in [2.24, 2.45) is 0 Å². The normalized spacial score (nSPS) is 12.3. The smallest absolute Gasteiger partial charge is 0.211 e. The second-order valence-electron chi connectivity index (χ2n) is 2.50. The highest BCUT2D eigenvalue weighted by Crippen LogP contribution is 1.88. The monoisotopic (exact) mass is 306 g/mol. The Labute approximate surface area is 87.9 Å². The van der Waals surface area contributed by atoms with Crippen LogP contribution in [0.2, 0.25) is 0 Å². The lowest BCUT2D eigenvalue weighted by Gasteiger charge is -2.12. The Morgan fingerprint density at radius 2 is 2.08 bits per heavy atom. The molecule has 0 unspecified atom stereocenters. The van der Waals surface area contributed by atoms with Crippen LogP contribution in [0.15, 0.2) is 0 Å². The van der Waals surface area contributed by atoms with Crippen molar-refractivity contribution in [3.63, 3.8) is 0 Å². The minimum Gasteiger partial charge on any atom is -0.296 e. The van der Waals surface area contributed by atoms with Crippen molar-refractivity contribution in [2.45, 2.75) is 6.92 Å². The van der Waals surface area contributed by atoms with E-state index in [1.165, 1.54) is 0 Å². The molecule has 0 saturated heterocycles. The second kappa shape index (κ2) is 6.11. The van der Waals surface area contributed by atoms with Gasteiger partial charge < -0.3 is 0 Å². The highest BCUT2D eigenvalue weighted by atomic mass is 127. The lowest BCUT2D eigenvalue weighted by Crippen LogP contribution is -2.33. The molecule has 0 atom stereocenters. The summed E-state index contributed by atoms with van der Waals surface area (Å²) in [5.74, 6) is 0.154. The summed E-state index contributed by atoms with van der Waals surface area (Å²) in [7, 11) is -1.05. The third-order valence-electron chi connectivity index (χ3n) is 1.40. The zero-order valence-corrected chi connectivity index (χ0v) is 10.4. The molecule has 0 rings (SSSR count). The van der Waals surface area contributed by atoms with Crippen LogP contribution in [0.25, 0.3) is 0 Å². The first kappa shape index (κ1) is 12.6. The fourth-order valence-corrected chi connectivity index (χ4v) is 1.50. The van der Waals surface area contributed by atoms with E-state index in [9.17, 15) is 8.42 Å². The van der Waals surface area contributed by atoms with Gasteiger partial charge in [-0.1, -0.05) is 22.6 Å². The Morgan fingerprint density at radius 3 is 2.50 bits per heavy atom. The van der Waals surface area contributed by atoms with E-state index in [0.717, 1.165) is 11.1 Å². The summed E-state index contributed by atoms with van der Waals surface area (Å²) in [5.41, 5.74) is 0. The Hall–Kier alpha value is 0.600. The summed E-state index contributed by atoms with van der Waals surface area (Å²) in [4.78, 5) is 2.04. The first-order valence-electron chi connectivity index (χ1n) is 3.73. The molecule has 6 heteroatoms. The van der Waals surface area contributed by atoms with Gasteiger partial charge in [0.25, 0.3) is 0 Å². The first-order chi connectivity index (χ1) is 5.52. The van der Waals surface area contributed by atoms with Gasteiger partial charge in [-0.25, -0.2) is 13.1 Å². The van der Waals surface area contributed by atoms with E-state index in [-0.39, 0.29) is 5.75 Å². The van der Waals surface area contributed by atoms with Crippen molar-refractivity contribution in [1.82, 2.24) is 9.62 Å². The minimum absolute atomic E-state index is 0.154. The maximum absolute atomic E-state index is 10.9. The molecule has 0 aliphatic carbocycles. The van der Waals surface area contributed by atoms with Gasteiger partial charge in [0.05, 0.1) is 10.3 Å². The van der Waals surface area contributed by atoms with Crippen LogP contribution in [-0.2, 0) is 10.0 Å². The molecule has 0 aromatic heterocycles. The van der Waals surface area contributed by atoms with E-state index in [0.29, 0.717) is 6.54 Å². The van der Waals surface area contributed by atoms with Gasteiger partial charge in [0.1, 0.15) is 0 Å². The number of nitrogens with zero attached hydrogens (tertiary/aromatic N) is 1. The van der Waals surface area contributed by atoms with E-state index < -0.39 is 10.0 Å². The summed E-state index contributed by atoms with van der Waals surface area (Å²) in [5, 5.41) is 0. The highest BCUT2D eigenvalue weighted by molar-refractivity contribution is 14.1. The summed E-state index contributed by atoms with van der Waals surface area (Å²) in [6.45, 7) is 2.88. The predicted molar refractivity (Wildman–Crippen MR) is 59.0 cm³/mol. The Morgan fingerprint density at radius 1 is 1.50 bits per heavy atom. The number of nitrogens with one attached hydrogen (secondary N) is 1. The Bertz CT molecular complexity index is 206. The summed E-state index contributed by atoms with van der Waals surface area (Å²) >= 11 is 2.23. The van der Waals surface area contributed by atoms with Gasteiger partial charge in [-0.05, 0) is 14.0 Å². The molecule has 0 heterocycles. The SMILES string of the molecule is CCS(=O)(=O)NCCN(C)CI. The Kier molecular flexibility index (Phi) is 6.42. The summed E-state index contributed by atoms with van der Waals surface area (Å²) < 4.78 is 25.3. The standard InChI is InChI=1S/C6H15IN2O2S/c1-3-12(10,11)8-4-5-9(2)6-7/h8H,3-6H2,1-2H3. The maximum Gasteiger partial charge on any atom is 0.211 e. The molecule has 12 heavy (non-hydrogen) atoms. The first-order valence-corrected chi connectivity index (χ1v) is 6.91. The molecule has 0 aromatic carbocycles. The molecule has 0 radical (unpaired) electrons. The number of halogens is 1. The maximum atomic E-state index is 10.9. The van der Waals surface area contributed by atoms with Crippen LogP contribution in [0.1, 0.15) is 6.92 Å². The number of alkyl halides is 1. The molecule has 4 nitrogen and oxygen atoms in total. The second-order valence-corrected chi connectivity index (χ2v) is 5.27. The van der Waals surface area contributed by atoms with E-state index in [4.69, 9.17) is 0 Å². The van der Waals surface area contributed by atoms with Crippen molar-refractivity contribution >= 4 is 32.6 Å². The topological polar surface area (TPSA) is 49.4 Å². The van der Waals surface area contributed by atoms with Gasteiger partial charge in [0, 0.05) is 13.1 Å². The molecular formula is C6H15IN2O2S. The lowest BCUT2D eigenvalue weighted by molar-refractivity contribution is 0.405. The average Bonchev–Trinajstić information content (AvgIpc) is 2.04. The summed E-state index contributed by atoms with van der Waals surface area (Å²) in [6.07, 6.45) is 0. The molecule has 0 fully saturated rings.